The number of nitrogens with one attached hydrogen (secondary N) is 1. The summed E-state index contributed by atoms with van der Waals surface area (Å²) in [6.07, 6.45) is 0. The largest absolute Gasteiger partial charge is 1.00 e. The van der Waals surface area contributed by atoms with Crippen molar-refractivity contribution in [3.63, 3.8) is 0 Å². The number of halogens is 1. The molecular formula is C21H29BrN3S-. The highest BCUT2D eigenvalue weighted by atomic mass is 79.9. The van der Waals surface area contributed by atoms with Crippen LogP contribution in [-0.4, -0.2) is 41.1 Å². The van der Waals surface area contributed by atoms with E-state index in [-0.39, 0.29) is 17.0 Å². The summed E-state index contributed by atoms with van der Waals surface area (Å²) in [7, 11) is 0. The van der Waals surface area contributed by atoms with E-state index >= 15 is 0 Å². The number of benzene rings is 2. The van der Waals surface area contributed by atoms with Crippen molar-refractivity contribution in [2.24, 2.45) is 0 Å². The highest BCUT2D eigenvalue weighted by molar-refractivity contribution is 7.80. The van der Waals surface area contributed by atoms with Crippen LogP contribution in [0.4, 0.5) is 0 Å². The van der Waals surface area contributed by atoms with Gasteiger partial charge in [0.25, 0.3) is 0 Å². The van der Waals surface area contributed by atoms with Crippen LogP contribution in [0.15, 0.2) is 60.7 Å². The molecule has 0 fully saturated rings. The van der Waals surface area contributed by atoms with Crippen molar-refractivity contribution < 1.29 is 17.0 Å². The van der Waals surface area contributed by atoms with Crippen LogP contribution in [0.3, 0.4) is 0 Å². The molecule has 0 atom stereocenters. The Morgan fingerprint density at radius 3 is 1.73 bits per heavy atom. The molecule has 0 unspecified atom stereocenters. The molecular weight excluding hydrogens is 406 g/mol. The minimum absolute atomic E-state index is 0. The van der Waals surface area contributed by atoms with E-state index in [1.165, 1.54) is 11.1 Å². The molecule has 0 radical (unpaired) electrons. The van der Waals surface area contributed by atoms with Crippen LogP contribution in [-0.2, 0) is 13.1 Å². The number of rotatable bonds is 9. The molecule has 5 heteroatoms. The predicted octanol–water partition coefficient (Wildman–Crippen LogP) is 0.909. The van der Waals surface area contributed by atoms with Gasteiger partial charge in [-0.2, -0.15) is 0 Å². The predicted molar refractivity (Wildman–Crippen MR) is 111 cm³/mol. The number of thiocarbonyl (C=S) groups is 1. The van der Waals surface area contributed by atoms with Crippen molar-refractivity contribution >= 4 is 17.3 Å². The first-order chi connectivity index (χ1) is 12.2. The zero-order chi connectivity index (χ0) is 17.9. The minimum atomic E-state index is 0. The molecule has 0 amide bonds. The topological polar surface area (TPSA) is 18.5 Å². The van der Waals surface area contributed by atoms with Crippen LogP contribution in [0.25, 0.3) is 0 Å². The lowest BCUT2D eigenvalue weighted by atomic mass is 10.2. The highest BCUT2D eigenvalue weighted by Crippen LogP contribution is 2.10. The van der Waals surface area contributed by atoms with Gasteiger partial charge in [0.2, 0.25) is 0 Å². The van der Waals surface area contributed by atoms with Crippen LogP contribution in [0, 0.1) is 0 Å². The maximum Gasteiger partial charge on any atom is 0.169 e. The molecule has 2 rings (SSSR count). The average molecular weight is 435 g/mol. The van der Waals surface area contributed by atoms with Gasteiger partial charge in [0.05, 0.1) is 0 Å². The summed E-state index contributed by atoms with van der Waals surface area (Å²) in [4.78, 5) is 4.64. The lowest BCUT2D eigenvalue weighted by molar-refractivity contribution is -0.00000519. The van der Waals surface area contributed by atoms with Crippen molar-refractivity contribution in [2.75, 3.05) is 26.2 Å². The summed E-state index contributed by atoms with van der Waals surface area (Å²) >= 11 is 5.69. The third-order valence-corrected chi connectivity index (χ3v) is 4.72. The Morgan fingerprint density at radius 1 is 0.846 bits per heavy atom. The van der Waals surface area contributed by atoms with E-state index < -0.39 is 0 Å². The maximum atomic E-state index is 5.69. The molecule has 1 N–H and O–H groups in total. The second-order valence-corrected chi connectivity index (χ2v) is 6.47. The van der Waals surface area contributed by atoms with E-state index in [4.69, 9.17) is 12.2 Å². The molecule has 142 valence electrons. The lowest BCUT2D eigenvalue weighted by Crippen LogP contribution is -3.00. The quantitative estimate of drug-likeness (QED) is 0.590. The van der Waals surface area contributed by atoms with E-state index in [1.807, 2.05) is 12.1 Å². The van der Waals surface area contributed by atoms with E-state index in [2.05, 4.69) is 77.5 Å². The SMILES string of the molecule is CCN(CC)CCNC(=S)N(Cc1ccccc1)Cc1ccccc1.[Br-]. The third kappa shape index (κ3) is 7.85. The Kier molecular flexibility index (Phi) is 11.2. The molecule has 0 spiro atoms. The van der Waals surface area contributed by atoms with E-state index in [9.17, 15) is 0 Å². The standard InChI is InChI=1S/C21H29N3S.BrH/c1-3-23(4-2)16-15-22-21(25)24(17-19-11-7-5-8-12-19)18-20-13-9-6-10-14-20;/h5-14H,3-4,15-18H2,1-2H3,(H,22,25);1H/p-1. The van der Waals surface area contributed by atoms with E-state index in [1.54, 1.807) is 0 Å². The molecule has 0 aliphatic heterocycles. The molecule has 0 aromatic heterocycles. The van der Waals surface area contributed by atoms with Gasteiger partial charge in [-0.3, -0.25) is 0 Å². The van der Waals surface area contributed by atoms with Gasteiger partial charge in [0.1, 0.15) is 0 Å². The van der Waals surface area contributed by atoms with Crippen molar-refractivity contribution in [3.05, 3.63) is 71.8 Å². The summed E-state index contributed by atoms with van der Waals surface area (Å²) in [5.74, 6) is 0. The number of hydrogen-bond acceptors (Lipinski definition) is 2. The molecule has 0 saturated carbocycles. The van der Waals surface area contributed by atoms with Gasteiger partial charge in [-0.15, -0.1) is 0 Å². The lowest BCUT2D eigenvalue weighted by Gasteiger charge is -2.27. The van der Waals surface area contributed by atoms with Crippen LogP contribution in [0.2, 0.25) is 0 Å². The average Bonchev–Trinajstić information content (AvgIpc) is 2.66. The Hall–Kier alpha value is -1.43. The van der Waals surface area contributed by atoms with Gasteiger partial charge in [-0.05, 0) is 36.4 Å². The molecule has 26 heavy (non-hydrogen) atoms. The van der Waals surface area contributed by atoms with Gasteiger partial charge in [0, 0.05) is 26.2 Å². The molecule has 0 aliphatic carbocycles. The van der Waals surface area contributed by atoms with Crippen LogP contribution < -0.4 is 22.3 Å². The zero-order valence-corrected chi connectivity index (χ0v) is 18.1. The Labute approximate surface area is 174 Å². The Morgan fingerprint density at radius 2 is 1.31 bits per heavy atom. The second-order valence-electron chi connectivity index (χ2n) is 6.09. The fourth-order valence-electron chi connectivity index (χ4n) is 2.78. The van der Waals surface area contributed by atoms with Crippen LogP contribution in [0.5, 0.6) is 0 Å². The van der Waals surface area contributed by atoms with Crippen LogP contribution >= 0.6 is 12.2 Å². The smallest absolute Gasteiger partial charge is 0.169 e. The summed E-state index contributed by atoms with van der Waals surface area (Å²) in [6.45, 7) is 10.0. The maximum absolute atomic E-state index is 5.69. The fraction of sp³-hybridized carbons (Fsp3) is 0.381. The molecule has 0 saturated heterocycles. The van der Waals surface area contributed by atoms with Crippen molar-refractivity contribution in [1.29, 1.82) is 0 Å². The first-order valence-electron chi connectivity index (χ1n) is 9.06. The van der Waals surface area contributed by atoms with Crippen molar-refractivity contribution in [1.82, 2.24) is 15.1 Å². The molecule has 3 nitrogen and oxygen atoms in total. The summed E-state index contributed by atoms with van der Waals surface area (Å²) in [6, 6.07) is 21.0. The summed E-state index contributed by atoms with van der Waals surface area (Å²) in [5.41, 5.74) is 2.54. The fourth-order valence-corrected chi connectivity index (χ4v) is 3.01. The zero-order valence-electron chi connectivity index (χ0n) is 15.7. The van der Waals surface area contributed by atoms with Crippen molar-refractivity contribution in [2.45, 2.75) is 26.9 Å². The normalized spacial score (nSPS) is 10.3. The second kappa shape index (κ2) is 12.8. The summed E-state index contributed by atoms with van der Waals surface area (Å²) < 4.78 is 0. The molecule has 0 bridgehead atoms. The van der Waals surface area contributed by atoms with Gasteiger partial charge in [0.15, 0.2) is 5.11 Å². The minimum Gasteiger partial charge on any atom is -1.00 e. The number of likely N-dealkylation sites (N-methyl/N-ethyl adjacent to an activating group) is 1. The first kappa shape index (κ1) is 22.6. The van der Waals surface area contributed by atoms with Gasteiger partial charge < -0.3 is 32.1 Å². The van der Waals surface area contributed by atoms with Crippen LogP contribution in [0.1, 0.15) is 25.0 Å². The number of hydrogen-bond donors (Lipinski definition) is 1. The monoisotopic (exact) mass is 434 g/mol. The summed E-state index contributed by atoms with van der Waals surface area (Å²) in [5, 5.41) is 4.26. The molecule has 2 aromatic carbocycles. The van der Waals surface area contributed by atoms with E-state index in [0.29, 0.717) is 0 Å². The van der Waals surface area contributed by atoms with Gasteiger partial charge in [-0.1, -0.05) is 74.5 Å². The molecule has 0 aliphatic rings. The van der Waals surface area contributed by atoms with Crippen molar-refractivity contribution in [3.8, 4) is 0 Å². The number of nitrogens with zero attached hydrogens (tertiary/aromatic N) is 2. The van der Waals surface area contributed by atoms with Gasteiger partial charge >= 0.3 is 0 Å². The third-order valence-electron chi connectivity index (χ3n) is 4.32. The first-order valence-corrected chi connectivity index (χ1v) is 9.46. The van der Waals surface area contributed by atoms with E-state index in [0.717, 1.165) is 44.4 Å². The van der Waals surface area contributed by atoms with Gasteiger partial charge in [-0.25, -0.2) is 0 Å². The Bertz CT molecular complexity index is 576. The Balaban J connectivity index is 0.00000338. The highest BCUT2D eigenvalue weighted by Gasteiger charge is 2.11. The molecule has 2 aromatic rings. The molecule has 0 heterocycles.